The number of fused-ring (bicyclic) bond motifs is 10. The maximum Gasteiger partial charge on any atom is 0.504 e. The van der Waals surface area contributed by atoms with Gasteiger partial charge in [0.05, 0.1) is 5.41 Å². The fourth-order valence-electron chi connectivity index (χ4n) is 6.09. The Labute approximate surface area is 199 Å². The van der Waals surface area contributed by atoms with Crippen molar-refractivity contribution < 1.29 is 9.68 Å². The summed E-state index contributed by atoms with van der Waals surface area (Å²) in [6.07, 6.45) is 0. The first-order valence-electron chi connectivity index (χ1n) is 11.6. The number of benzene rings is 5. The second-order valence-corrected chi connectivity index (χ2v) is 8.94. The summed E-state index contributed by atoms with van der Waals surface area (Å²) < 4.78 is 5.22. The normalized spacial score (nSPS) is 13.7. The summed E-state index contributed by atoms with van der Waals surface area (Å²) in [5.74, 6) is 0.662. The molecule has 1 spiro atoms. The van der Waals surface area contributed by atoms with Gasteiger partial charge in [0.1, 0.15) is 5.75 Å². The van der Waals surface area contributed by atoms with Gasteiger partial charge in [-0.15, -0.1) is 0 Å². The molecule has 0 radical (unpaired) electrons. The molecule has 34 heavy (non-hydrogen) atoms. The second kappa shape index (κ2) is 7.21. The average molecular weight is 436 g/mol. The number of rotatable bonds is 3. The summed E-state index contributed by atoms with van der Waals surface area (Å²) in [6.45, 7) is 0. The second-order valence-electron chi connectivity index (χ2n) is 8.94. The van der Waals surface area contributed by atoms with E-state index in [-0.39, 0.29) is 13.1 Å². The van der Waals surface area contributed by atoms with Crippen molar-refractivity contribution in [2.45, 2.75) is 5.41 Å². The van der Waals surface area contributed by atoms with Crippen LogP contribution in [0, 0.1) is 0 Å². The van der Waals surface area contributed by atoms with E-state index >= 15 is 0 Å². The lowest BCUT2D eigenvalue weighted by Gasteiger charge is -2.30. The minimum atomic E-state index is -0.324. The van der Waals surface area contributed by atoms with Crippen molar-refractivity contribution in [2.75, 3.05) is 0 Å². The molecule has 160 valence electrons. The van der Waals surface area contributed by atoms with E-state index in [2.05, 4.69) is 103 Å². The third-order valence-corrected chi connectivity index (χ3v) is 7.42. The van der Waals surface area contributed by atoms with Crippen LogP contribution in [0.2, 0.25) is 0 Å². The predicted molar refractivity (Wildman–Crippen MR) is 138 cm³/mol. The van der Waals surface area contributed by atoms with Crippen LogP contribution in [0.1, 0.15) is 22.3 Å². The number of hydrogen-bond donors (Lipinski definition) is 1. The predicted octanol–water partition coefficient (Wildman–Crippen LogP) is 6.33. The van der Waals surface area contributed by atoms with Gasteiger partial charge in [0.25, 0.3) is 0 Å². The van der Waals surface area contributed by atoms with E-state index in [0.29, 0.717) is 5.75 Å². The third kappa shape index (κ3) is 2.45. The van der Waals surface area contributed by atoms with Gasteiger partial charge < -0.3 is 9.68 Å². The first-order valence-corrected chi connectivity index (χ1v) is 11.6. The first-order chi connectivity index (χ1) is 16.8. The molecule has 7 rings (SSSR count). The molecule has 2 aliphatic carbocycles. The quantitative estimate of drug-likeness (QED) is 0.328. The fourth-order valence-corrected chi connectivity index (χ4v) is 6.09. The van der Waals surface area contributed by atoms with Crippen LogP contribution < -0.4 is 4.65 Å². The van der Waals surface area contributed by atoms with Gasteiger partial charge in [-0.2, -0.15) is 0 Å². The minimum absolute atomic E-state index is 0.322. The molecule has 1 N–H and O–H groups in total. The molecule has 0 unspecified atom stereocenters. The van der Waals surface area contributed by atoms with Gasteiger partial charge in [-0.05, 0) is 73.8 Å². The van der Waals surface area contributed by atoms with Crippen molar-refractivity contribution in [1.82, 2.24) is 0 Å². The molecule has 0 saturated carbocycles. The lowest BCUT2D eigenvalue weighted by molar-refractivity contribution is 0.454. The summed E-state index contributed by atoms with van der Waals surface area (Å²) in [4.78, 5) is 0. The Morgan fingerprint density at radius 3 is 1.50 bits per heavy atom. The monoisotopic (exact) mass is 436 g/mol. The van der Waals surface area contributed by atoms with Gasteiger partial charge in [0.15, 0.2) is 0 Å². The molecule has 0 aromatic heterocycles. The average Bonchev–Trinajstić information content (AvgIpc) is 3.36. The van der Waals surface area contributed by atoms with Crippen molar-refractivity contribution in [3.05, 3.63) is 138 Å². The molecule has 0 aliphatic heterocycles. The lowest BCUT2D eigenvalue weighted by atomic mass is 9.70. The molecule has 0 atom stereocenters. The molecule has 5 aromatic rings. The smallest absolute Gasteiger partial charge is 0.504 e. The Kier molecular flexibility index (Phi) is 4.11. The largest absolute Gasteiger partial charge is 0.539 e. The van der Waals surface area contributed by atoms with Gasteiger partial charge in [-0.1, -0.05) is 97.1 Å². The van der Waals surface area contributed by atoms with Crippen molar-refractivity contribution >= 4 is 7.69 Å². The molecular formula is C31H21BO2. The van der Waals surface area contributed by atoms with Gasteiger partial charge in [-0.25, -0.2) is 0 Å². The van der Waals surface area contributed by atoms with Crippen molar-refractivity contribution in [1.29, 1.82) is 0 Å². The zero-order chi connectivity index (χ0) is 22.7. The van der Waals surface area contributed by atoms with E-state index in [0.717, 1.165) is 5.56 Å². The van der Waals surface area contributed by atoms with E-state index in [1.54, 1.807) is 0 Å². The lowest BCUT2D eigenvalue weighted by Crippen LogP contribution is -2.25. The topological polar surface area (TPSA) is 29.5 Å². The molecule has 2 nitrogen and oxygen atoms in total. The molecular weight excluding hydrogens is 415 g/mol. The molecule has 0 saturated heterocycles. The Balaban J connectivity index is 1.53. The first kappa shape index (κ1) is 19.4. The Morgan fingerprint density at radius 2 is 0.971 bits per heavy atom. The molecule has 5 aromatic carbocycles. The zero-order valence-electron chi connectivity index (χ0n) is 18.5. The summed E-state index contributed by atoms with van der Waals surface area (Å²) in [5, 5.41) is 9.05. The third-order valence-electron chi connectivity index (χ3n) is 7.42. The highest BCUT2D eigenvalue weighted by atomic mass is 16.5. The van der Waals surface area contributed by atoms with Crippen LogP contribution in [-0.2, 0) is 5.41 Å². The van der Waals surface area contributed by atoms with Crippen LogP contribution in [0.25, 0.3) is 33.4 Å². The van der Waals surface area contributed by atoms with E-state index in [4.69, 9.17) is 9.68 Å². The van der Waals surface area contributed by atoms with Crippen LogP contribution >= 0.6 is 0 Å². The molecule has 2 aliphatic rings. The molecule has 0 heterocycles. The van der Waals surface area contributed by atoms with E-state index in [1.165, 1.54) is 50.1 Å². The summed E-state index contributed by atoms with van der Waals surface area (Å²) in [5.41, 5.74) is 12.6. The van der Waals surface area contributed by atoms with Gasteiger partial charge in [0, 0.05) is 0 Å². The van der Waals surface area contributed by atoms with Crippen molar-refractivity contribution in [3.63, 3.8) is 0 Å². The van der Waals surface area contributed by atoms with Crippen molar-refractivity contribution in [3.8, 4) is 39.1 Å². The van der Waals surface area contributed by atoms with Gasteiger partial charge >= 0.3 is 7.69 Å². The van der Waals surface area contributed by atoms with Crippen LogP contribution in [-0.4, -0.2) is 12.7 Å². The number of hydrogen-bond acceptors (Lipinski definition) is 2. The Bertz CT molecular complexity index is 1510. The van der Waals surface area contributed by atoms with Gasteiger partial charge in [-0.3, -0.25) is 0 Å². The fraction of sp³-hybridized carbons (Fsp3) is 0.0323. The van der Waals surface area contributed by atoms with E-state index in [1.807, 2.05) is 12.1 Å². The molecule has 0 amide bonds. The standard InChI is InChI=1S/C31H21BO2/c33-32-34-22-16-13-20(14-17-22)21-15-18-26-25-9-3-6-12-29(25)31(30(26)19-21)27-10-4-1-7-23(27)24-8-2-5-11-28(24)31/h1-19,32-33H. The zero-order valence-corrected chi connectivity index (χ0v) is 18.5. The summed E-state index contributed by atoms with van der Waals surface area (Å²) in [7, 11) is -0.322. The highest BCUT2D eigenvalue weighted by Crippen LogP contribution is 2.62. The van der Waals surface area contributed by atoms with Crippen LogP contribution in [0.3, 0.4) is 0 Å². The highest BCUT2D eigenvalue weighted by Gasteiger charge is 2.51. The van der Waals surface area contributed by atoms with Crippen molar-refractivity contribution in [2.24, 2.45) is 0 Å². The van der Waals surface area contributed by atoms with Crippen LogP contribution in [0.5, 0.6) is 5.75 Å². The van der Waals surface area contributed by atoms with Gasteiger partial charge in [0.2, 0.25) is 0 Å². The summed E-state index contributed by atoms with van der Waals surface area (Å²) in [6, 6.07) is 41.4. The molecule has 0 bridgehead atoms. The summed E-state index contributed by atoms with van der Waals surface area (Å²) >= 11 is 0. The van der Waals surface area contributed by atoms with E-state index in [9.17, 15) is 0 Å². The highest BCUT2D eigenvalue weighted by molar-refractivity contribution is 6.17. The maximum absolute atomic E-state index is 9.05. The SMILES string of the molecule is OBOc1ccc(-c2ccc3c(c2)C2(c4ccccc4-c4ccccc42)c2ccccc2-3)cc1. The van der Waals surface area contributed by atoms with Crippen LogP contribution in [0.15, 0.2) is 115 Å². The maximum atomic E-state index is 9.05. The Morgan fingerprint density at radius 1 is 0.500 bits per heavy atom. The van der Waals surface area contributed by atoms with E-state index < -0.39 is 0 Å². The molecule has 0 fully saturated rings. The minimum Gasteiger partial charge on any atom is -0.539 e. The Hall–Kier alpha value is -4.08. The molecule has 3 heteroatoms. The van der Waals surface area contributed by atoms with Crippen LogP contribution in [0.4, 0.5) is 0 Å².